The SMILES string of the molecule is COc1cc(C(C)=O)ccc1NC(=O)OCCN1CCCCC1. The van der Waals surface area contributed by atoms with Crippen LogP contribution in [0.15, 0.2) is 18.2 Å². The number of ether oxygens (including phenoxy) is 2. The van der Waals surface area contributed by atoms with Crippen LogP contribution in [-0.2, 0) is 4.74 Å². The number of methoxy groups -OCH3 is 1. The van der Waals surface area contributed by atoms with Crippen LogP contribution in [0.4, 0.5) is 10.5 Å². The summed E-state index contributed by atoms with van der Waals surface area (Å²) in [5, 5.41) is 2.65. The summed E-state index contributed by atoms with van der Waals surface area (Å²) in [7, 11) is 1.49. The molecule has 0 bridgehead atoms. The van der Waals surface area contributed by atoms with Crippen molar-refractivity contribution in [3.8, 4) is 5.75 Å². The smallest absolute Gasteiger partial charge is 0.411 e. The lowest BCUT2D eigenvalue weighted by Gasteiger charge is -2.25. The van der Waals surface area contributed by atoms with Gasteiger partial charge in [0.1, 0.15) is 12.4 Å². The molecule has 1 aromatic rings. The van der Waals surface area contributed by atoms with Gasteiger partial charge in [-0.3, -0.25) is 15.0 Å². The van der Waals surface area contributed by atoms with Gasteiger partial charge in [-0.25, -0.2) is 4.79 Å². The van der Waals surface area contributed by atoms with Gasteiger partial charge in [-0.2, -0.15) is 0 Å². The molecule has 1 amide bonds. The molecule has 0 radical (unpaired) electrons. The molecule has 0 atom stereocenters. The Balaban J connectivity index is 1.83. The maximum absolute atomic E-state index is 11.9. The lowest BCUT2D eigenvalue weighted by Crippen LogP contribution is -2.33. The molecule has 1 heterocycles. The molecule has 2 rings (SSSR count). The first-order valence-corrected chi connectivity index (χ1v) is 7.95. The Bertz CT molecular complexity index is 554. The Morgan fingerprint density at radius 2 is 1.96 bits per heavy atom. The zero-order chi connectivity index (χ0) is 16.7. The normalized spacial score (nSPS) is 15.0. The van der Waals surface area contributed by atoms with Gasteiger partial charge in [0.2, 0.25) is 0 Å². The summed E-state index contributed by atoms with van der Waals surface area (Å²) in [4.78, 5) is 25.5. The molecule has 1 aliphatic heterocycles. The maximum atomic E-state index is 11.9. The van der Waals surface area contributed by atoms with Gasteiger partial charge in [-0.15, -0.1) is 0 Å². The van der Waals surface area contributed by atoms with E-state index >= 15 is 0 Å². The van der Waals surface area contributed by atoms with Crippen molar-refractivity contribution < 1.29 is 19.1 Å². The minimum atomic E-state index is -0.518. The number of amides is 1. The van der Waals surface area contributed by atoms with Crippen LogP contribution in [-0.4, -0.2) is 50.1 Å². The van der Waals surface area contributed by atoms with Crippen molar-refractivity contribution in [2.45, 2.75) is 26.2 Å². The van der Waals surface area contributed by atoms with Crippen LogP contribution in [0.1, 0.15) is 36.5 Å². The number of carbonyl (C=O) groups excluding carboxylic acids is 2. The van der Waals surface area contributed by atoms with E-state index in [9.17, 15) is 9.59 Å². The second-order valence-electron chi connectivity index (χ2n) is 5.63. The van der Waals surface area contributed by atoms with Gasteiger partial charge in [-0.05, 0) is 51.1 Å². The Morgan fingerprint density at radius 3 is 2.61 bits per heavy atom. The Kier molecular flexibility index (Phi) is 6.40. The number of ketones is 1. The summed E-state index contributed by atoms with van der Waals surface area (Å²) in [5.41, 5.74) is 1.02. The highest BCUT2D eigenvalue weighted by Gasteiger charge is 2.13. The van der Waals surface area contributed by atoms with Crippen LogP contribution in [0.25, 0.3) is 0 Å². The predicted octanol–water partition coefficient (Wildman–Crippen LogP) is 2.93. The van der Waals surface area contributed by atoms with E-state index in [4.69, 9.17) is 9.47 Å². The molecule has 1 saturated heterocycles. The molecule has 0 aliphatic carbocycles. The Hall–Kier alpha value is -2.08. The average Bonchev–Trinajstić information content (AvgIpc) is 2.56. The largest absolute Gasteiger partial charge is 0.495 e. The zero-order valence-corrected chi connectivity index (χ0v) is 13.8. The molecule has 0 saturated carbocycles. The minimum absolute atomic E-state index is 0.0565. The third-order valence-electron chi connectivity index (χ3n) is 3.93. The number of hydrogen-bond donors (Lipinski definition) is 1. The minimum Gasteiger partial charge on any atom is -0.495 e. The number of Topliss-reactive ketones (excluding diaryl/α,β-unsaturated/α-hetero) is 1. The van der Waals surface area contributed by atoms with Crippen molar-refractivity contribution in [1.82, 2.24) is 4.90 Å². The summed E-state index contributed by atoms with van der Waals surface area (Å²) in [6.07, 6.45) is 3.20. The summed E-state index contributed by atoms with van der Waals surface area (Å²) >= 11 is 0. The van der Waals surface area contributed by atoms with Crippen molar-refractivity contribution in [1.29, 1.82) is 0 Å². The van der Waals surface area contributed by atoms with Gasteiger partial charge < -0.3 is 9.47 Å². The predicted molar refractivity (Wildman–Crippen MR) is 88.3 cm³/mol. The van der Waals surface area contributed by atoms with Crippen LogP contribution in [0.2, 0.25) is 0 Å². The second kappa shape index (κ2) is 8.53. The van der Waals surface area contributed by atoms with Gasteiger partial charge in [0.25, 0.3) is 0 Å². The summed E-state index contributed by atoms with van der Waals surface area (Å²) in [6, 6.07) is 4.89. The molecule has 0 unspecified atom stereocenters. The molecule has 1 N–H and O–H groups in total. The molecule has 6 nitrogen and oxygen atoms in total. The molecule has 0 spiro atoms. The van der Waals surface area contributed by atoms with Crippen LogP contribution in [0.3, 0.4) is 0 Å². The van der Waals surface area contributed by atoms with E-state index in [1.807, 2.05) is 0 Å². The van der Waals surface area contributed by atoms with E-state index in [-0.39, 0.29) is 5.78 Å². The zero-order valence-electron chi connectivity index (χ0n) is 13.8. The number of hydrogen-bond acceptors (Lipinski definition) is 5. The number of nitrogens with zero attached hydrogens (tertiary/aromatic N) is 1. The molecule has 1 aliphatic rings. The first-order valence-electron chi connectivity index (χ1n) is 7.95. The number of benzene rings is 1. The van der Waals surface area contributed by atoms with Crippen LogP contribution < -0.4 is 10.1 Å². The summed E-state index contributed by atoms with van der Waals surface area (Å²) in [5.74, 6) is 0.379. The average molecular weight is 320 g/mol. The van der Waals surface area contributed by atoms with Crippen molar-refractivity contribution in [2.24, 2.45) is 0 Å². The van der Waals surface area contributed by atoms with E-state index < -0.39 is 6.09 Å². The van der Waals surface area contributed by atoms with Crippen molar-refractivity contribution >= 4 is 17.6 Å². The van der Waals surface area contributed by atoms with Gasteiger partial charge in [0, 0.05) is 12.1 Å². The highest BCUT2D eigenvalue weighted by atomic mass is 16.5. The molecular formula is C17H24N2O4. The lowest BCUT2D eigenvalue weighted by molar-refractivity contribution is 0.101. The fourth-order valence-electron chi connectivity index (χ4n) is 2.61. The Morgan fingerprint density at radius 1 is 1.22 bits per heavy atom. The molecule has 1 aromatic carbocycles. The second-order valence-corrected chi connectivity index (χ2v) is 5.63. The van der Waals surface area contributed by atoms with E-state index in [1.54, 1.807) is 18.2 Å². The first kappa shape index (κ1) is 17.3. The molecular weight excluding hydrogens is 296 g/mol. The van der Waals surface area contributed by atoms with Gasteiger partial charge >= 0.3 is 6.09 Å². The topological polar surface area (TPSA) is 67.9 Å². The number of rotatable bonds is 6. The number of anilines is 1. The van der Waals surface area contributed by atoms with Crippen molar-refractivity contribution in [3.05, 3.63) is 23.8 Å². The number of nitrogens with one attached hydrogen (secondary N) is 1. The monoisotopic (exact) mass is 320 g/mol. The molecule has 0 aromatic heterocycles. The quantitative estimate of drug-likeness (QED) is 0.816. The van der Waals surface area contributed by atoms with Gasteiger partial charge in [0.15, 0.2) is 5.78 Å². The molecule has 6 heteroatoms. The fraction of sp³-hybridized carbons (Fsp3) is 0.529. The summed E-state index contributed by atoms with van der Waals surface area (Å²) in [6.45, 7) is 4.75. The number of likely N-dealkylation sites (tertiary alicyclic amines) is 1. The van der Waals surface area contributed by atoms with E-state index in [0.29, 0.717) is 23.6 Å². The van der Waals surface area contributed by atoms with Crippen molar-refractivity contribution in [2.75, 3.05) is 38.7 Å². The number of carbonyl (C=O) groups is 2. The van der Waals surface area contributed by atoms with Crippen LogP contribution in [0.5, 0.6) is 5.75 Å². The third kappa shape index (κ3) is 5.25. The van der Waals surface area contributed by atoms with Gasteiger partial charge in [0.05, 0.1) is 12.8 Å². The fourth-order valence-corrected chi connectivity index (χ4v) is 2.61. The van der Waals surface area contributed by atoms with E-state index in [1.165, 1.54) is 33.3 Å². The Labute approximate surface area is 136 Å². The molecule has 126 valence electrons. The van der Waals surface area contributed by atoms with E-state index in [2.05, 4.69) is 10.2 Å². The molecule has 23 heavy (non-hydrogen) atoms. The molecule has 1 fully saturated rings. The third-order valence-corrected chi connectivity index (χ3v) is 3.93. The maximum Gasteiger partial charge on any atom is 0.411 e. The first-order chi connectivity index (χ1) is 11.1. The highest BCUT2D eigenvalue weighted by Crippen LogP contribution is 2.26. The number of piperidine rings is 1. The summed E-state index contributed by atoms with van der Waals surface area (Å²) < 4.78 is 10.4. The van der Waals surface area contributed by atoms with Crippen LogP contribution >= 0.6 is 0 Å². The highest BCUT2D eigenvalue weighted by molar-refractivity contribution is 5.96. The van der Waals surface area contributed by atoms with Crippen LogP contribution in [0, 0.1) is 0 Å². The van der Waals surface area contributed by atoms with Crippen molar-refractivity contribution in [3.63, 3.8) is 0 Å². The standard InChI is InChI=1S/C17H24N2O4/c1-13(20)14-6-7-15(16(12-14)22-2)18-17(21)23-11-10-19-8-4-3-5-9-19/h6-7,12H,3-5,8-11H2,1-2H3,(H,18,21). The lowest BCUT2D eigenvalue weighted by atomic mass is 10.1. The van der Waals surface area contributed by atoms with E-state index in [0.717, 1.165) is 19.6 Å². The van der Waals surface area contributed by atoms with Gasteiger partial charge in [-0.1, -0.05) is 6.42 Å².